The van der Waals surface area contributed by atoms with E-state index in [1.54, 1.807) is 6.92 Å². The second kappa shape index (κ2) is 7.02. The maximum Gasteiger partial charge on any atom is 0.325 e. The largest absolute Gasteiger partial charge is 0.337 e. The number of aromatic nitrogens is 2. The van der Waals surface area contributed by atoms with Crippen LogP contribution < -0.4 is 5.32 Å². The first-order chi connectivity index (χ1) is 15.0. The summed E-state index contributed by atoms with van der Waals surface area (Å²) in [7, 11) is 0. The van der Waals surface area contributed by atoms with Crippen molar-refractivity contribution in [3.05, 3.63) is 84.0 Å². The smallest absolute Gasteiger partial charge is 0.325 e. The number of benzene rings is 3. The summed E-state index contributed by atoms with van der Waals surface area (Å²) in [6.45, 7) is 1.52. The molecule has 1 N–H and O–H groups in total. The summed E-state index contributed by atoms with van der Waals surface area (Å²) in [5.41, 5.74) is 0.0516. The van der Waals surface area contributed by atoms with E-state index in [4.69, 9.17) is 4.52 Å². The van der Waals surface area contributed by atoms with Crippen molar-refractivity contribution in [1.29, 1.82) is 0 Å². The van der Waals surface area contributed by atoms with Gasteiger partial charge in [-0.25, -0.2) is 9.18 Å². The Bertz CT molecular complexity index is 1310. The van der Waals surface area contributed by atoms with Gasteiger partial charge in [0.15, 0.2) is 0 Å². The number of nitrogens with one attached hydrogen (secondary N) is 1. The minimum atomic E-state index is -1.22. The number of imide groups is 1. The maximum atomic E-state index is 13.3. The van der Waals surface area contributed by atoms with E-state index in [0.717, 1.165) is 15.7 Å². The number of rotatable bonds is 4. The van der Waals surface area contributed by atoms with Crippen molar-refractivity contribution in [3.63, 3.8) is 0 Å². The van der Waals surface area contributed by atoms with Gasteiger partial charge in [-0.1, -0.05) is 47.6 Å². The Balaban J connectivity index is 1.44. The van der Waals surface area contributed by atoms with Crippen molar-refractivity contribution in [3.8, 4) is 11.4 Å². The number of hydrogen-bond acceptors (Lipinski definition) is 5. The number of carbonyl (C=O) groups excluding carboxylic acids is 2. The first kappa shape index (κ1) is 18.9. The lowest BCUT2D eigenvalue weighted by Gasteiger charge is -2.23. The molecule has 0 unspecified atom stereocenters. The monoisotopic (exact) mass is 416 g/mol. The Morgan fingerprint density at radius 2 is 1.77 bits per heavy atom. The molecule has 0 radical (unpaired) electrons. The van der Waals surface area contributed by atoms with Crippen molar-refractivity contribution in [1.82, 2.24) is 20.4 Å². The summed E-state index contributed by atoms with van der Waals surface area (Å²) in [6, 6.07) is 18.4. The van der Waals surface area contributed by atoms with Crippen molar-refractivity contribution in [2.45, 2.75) is 19.0 Å². The van der Waals surface area contributed by atoms with E-state index in [9.17, 15) is 14.0 Å². The molecule has 1 saturated heterocycles. The molecule has 2 heterocycles. The third-order valence-electron chi connectivity index (χ3n) is 5.47. The third-order valence-corrected chi connectivity index (χ3v) is 5.47. The quantitative estimate of drug-likeness (QED) is 0.508. The molecule has 0 saturated carbocycles. The molecule has 1 aliphatic rings. The maximum absolute atomic E-state index is 13.3. The molecular weight excluding hydrogens is 399 g/mol. The van der Waals surface area contributed by atoms with E-state index in [2.05, 4.69) is 15.5 Å². The topological polar surface area (TPSA) is 88.3 Å². The second-order valence-electron chi connectivity index (χ2n) is 7.49. The van der Waals surface area contributed by atoms with E-state index >= 15 is 0 Å². The van der Waals surface area contributed by atoms with Crippen LogP contribution in [0.25, 0.3) is 22.2 Å². The highest BCUT2D eigenvalue weighted by atomic mass is 19.1. The molecule has 1 aliphatic heterocycles. The molecule has 1 aromatic heterocycles. The molecule has 31 heavy (non-hydrogen) atoms. The molecule has 0 spiro atoms. The number of carbonyl (C=O) groups is 2. The van der Waals surface area contributed by atoms with Gasteiger partial charge in [-0.3, -0.25) is 9.69 Å². The number of nitrogens with zero attached hydrogens (tertiary/aromatic N) is 3. The van der Waals surface area contributed by atoms with Crippen LogP contribution in [0.1, 0.15) is 18.4 Å². The fourth-order valence-electron chi connectivity index (χ4n) is 3.86. The molecular formula is C23H17FN4O3. The van der Waals surface area contributed by atoms with Crippen LogP contribution in [0.3, 0.4) is 0 Å². The van der Waals surface area contributed by atoms with Crippen molar-refractivity contribution in [2.24, 2.45) is 0 Å². The summed E-state index contributed by atoms with van der Waals surface area (Å²) >= 11 is 0. The first-order valence-electron chi connectivity index (χ1n) is 9.66. The van der Waals surface area contributed by atoms with Gasteiger partial charge in [-0.05, 0) is 47.5 Å². The van der Waals surface area contributed by atoms with Crippen molar-refractivity contribution < 1.29 is 18.5 Å². The Labute approximate surface area is 176 Å². The highest BCUT2D eigenvalue weighted by Gasteiger charge is 2.50. The Morgan fingerprint density at radius 3 is 2.58 bits per heavy atom. The number of amides is 3. The average Bonchev–Trinajstić information content (AvgIpc) is 3.33. The highest BCUT2D eigenvalue weighted by molar-refractivity contribution is 6.09. The van der Waals surface area contributed by atoms with E-state index < -0.39 is 17.5 Å². The first-order valence-corrected chi connectivity index (χ1v) is 9.66. The molecule has 154 valence electrons. The van der Waals surface area contributed by atoms with Gasteiger partial charge in [0, 0.05) is 5.56 Å². The minimum absolute atomic E-state index is 0.102. The van der Waals surface area contributed by atoms with Gasteiger partial charge in [0.2, 0.25) is 11.7 Å². The third kappa shape index (κ3) is 3.13. The molecule has 1 atom stereocenters. The fraction of sp³-hybridized carbons (Fsp3) is 0.130. The number of urea groups is 1. The summed E-state index contributed by atoms with van der Waals surface area (Å²) in [5, 5.41) is 8.54. The van der Waals surface area contributed by atoms with E-state index in [-0.39, 0.29) is 24.1 Å². The summed E-state index contributed by atoms with van der Waals surface area (Å²) < 4.78 is 18.3. The Morgan fingerprint density at radius 1 is 1.03 bits per heavy atom. The highest BCUT2D eigenvalue weighted by Crippen LogP contribution is 2.34. The van der Waals surface area contributed by atoms with Crippen molar-refractivity contribution in [2.75, 3.05) is 0 Å². The zero-order valence-electron chi connectivity index (χ0n) is 16.5. The minimum Gasteiger partial charge on any atom is -0.337 e. The lowest BCUT2D eigenvalue weighted by Crippen LogP contribution is -2.41. The molecule has 3 aromatic carbocycles. The van der Waals surface area contributed by atoms with Gasteiger partial charge in [-0.2, -0.15) is 4.98 Å². The summed E-state index contributed by atoms with van der Waals surface area (Å²) in [5.74, 6) is -0.432. The molecule has 7 nitrogen and oxygen atoms in total. The lowest BCUT2D eigenvalue weighted by molar-refractivity contribution is -0.131. The van der Waals surface area contributed by atoms with Crippen LogP contribution >= 0.6 is 0 Å². The standard InChI is InChI=1S/C23H17FN4O3/c1-23(18-8-4-6-14-5-2-3-7-17(14)18)21(29)28(22(30)26-23)13-19-25-20(27-31-19)15-9-11-16(24)12-10-15/h2-12H,13H2,1H3,(H,26,30)/t23-/m0/s1. The van der Waals surface area contributed by atoms with Crippen LogP contribution in [0.15, 0.2) is 71.3 Å². The molecule has 3 amide bonds. The average molecular weight is 416 g/mol. The van der Waals surface area contributed by atoms with Crippen LogP contribution in [0.4, 0.5) is 9.18 Å². The van der Waals surface area contributed by atoms with Crippen molar-refractivity contribution >= 4 is 22.7 Å². The van der Waals surface area contributed by atoms with Gasteiger partial charge < -0.3 is 9.84 Å². The SMILES string of the molecule is C[C@@]1(c2cccc3ccccc23)NC(=O)N(Cc2nc(-c3ccc(F)cc3)no2)C1=O. The van der Waals surface area contributed by atoms with Crippen LogP contribution in [0, 0.1) is 5.82 Å². The molecule has 0 aliphatic carbocycles. The molecule has 1 fully saturated rings. The normalized spacial score (nSPS) is 18.6. The Hall–Kier alpha value is -4.07. The molecule has 0 bridgehead atoms. The molecule has 5 rings (SSSR count). The van der Waals surface area contributed by atoms with Crippen LogP contribution in [0.2, 0.25) is 0 Å². The van der Waals surface area contributed by atoms with Gasteiger partial charge in [0.25, 0.3) is 5.91 Å². The van der Waals surface area contributed by atoms with Gasteiger partial charge >= 0.3 is 6.03 Å². The van der Waals surface area contributed by atoms with Gasteiger partial charge in [0.1, 0.15) is 17.9 Å². The number of hydrogen-bond donors (Lipinski definition) is 1. The van der Waals surface area contributed by atoms with E-state index in [1.807, 2.05) is 42.5 Å². The summed E-state index contributed by atoms with van der Waals surface area (Å²) in [4.78, 5) is 31.3. The zero-order valence-corrected chi connectivity index (χ0v) is 16.5. The van der Waals surface area contributed by atoms with Gasteiger partial charge in [0.05, 0.1) is 0 Å². The van der Waals surface area contributed by atoms with Crippen LogP contribution in [-0.4, -0.2) is 27.0 Å². The fourth-order valence-corrected chi connectivity index (χ4v) is 3.86. The molecule has 4 aromatic rings. The zero-order chi connectivity index (χ0) is 21.6. The van der Waals surface area contributed by atoms with E-state index in [1.165, 1.54) is 24.3 Å². The Kier molecular flexibility index (Phi) is 4.28. The predicted octanol–water partition coefficient (Wildman–Crippen LogP) is 4.00. The van der Waals surface area contributed by atoms with Gasteiger partial charge in [-0.15, -0.1) is 0 Å². The van der Waals surface area contributed by atoms with Crippen LogP contribution in [0.5, 0.6) is 0 Å². The van der Waals surface area contributed by atoms with Crippen LogP contribution in [-0.2, 0) is 16.9 Å². The second-order valence-corrected chi connectivity index (χ2v) is 7.49. The lowest BCUT2D eigenvalue weighted by atomic mass is 9.88. The number of fused-ring (bicyclic) bond motifs is 1. The molecule has 8 heteroatoms. The predicted molar refractivity (Wildman–Crippen MR) is 110 cm³/mol. The van der Waals surface area contributed by atoms with E-state index in [0.29, 0.717) is 11.1 Å². The number of halogens is 1. The summed E-state index contributed by atoms with van der Waals surface area (Å²) in [6.07, 6.45) is 0.